The number of ether oxygens (including phenoxy) is 1. The Balaban J connectivity index is 1.59. The highest BCUT2D eigenvalue weighted by atomic mass is 32.1. The van der Waals surface area contributed by atoms with E-state index in [-0.39, 0.29) is 5.56 Å². The molecule has 3 rings (SSSR count). The molecule has 1 fully saturated rings. The molecule has 5 heteroatoms. The lowest BCUT2D eigenvalue weighted by Crippen LogP contribution is -2.39. The summed E-state index contributed by atoms with van der Waals surface area (Å²) in [5, 5.41) is 6.25. The van der Waals surface area contributed by atoms with Crippen LogP contribution in [-0.2, 0) is 11.3 Å². The van der Waals surface area contributed by atoms with E-state index < -0.39 is 0 Å². The lowest BCUT2D eigenvalue weighted by atomic mass is 10.1. The normalized spacial score (nSPS) is 20.6. The number of fused-ring (bicyclic) bond motifs is 1. The topological polar surface area (TPSA) is 43.3 Å². The highest BCUT2D eigenvalue weighted by Gasteiger charge is 2.21. The van der Waals surface area contributed by atoms with Crippen LogP contribution in [0.25, 0.3) is 10.1 Å². The van der Waals surface area contributed by atoms with Gasteiger partial charge in [0.2, 0.25) is 0 Å². The average molecular weight is 292 g/mol. The summed E-state index contributed by atoms with van der Waals surface area (Å²) in [4.78, 5) is 12.2. The third kappa shape index (κ3) is 2.80. The van der Waals surface area contributed by atoms with Gasteiger partial charge in [0.15, 0.2) is 0 Å². The highest BCUT2D eigenvalue weighted by Crippen LogP contribution is 2.16. The third-order valence-corrected chi connectivity index (χ3v) is 4.82. The number of hydrogen-bond acceptors (Lipinski definition) is 4. The van der Waals surface area contributed by atoms with E-state index in [1.54, 1.807) is 15.9 Å². The molecule has 0 spiro atoms. The smallest absolute Gasteiger partial charge is 0.259 e. The van der Waals surface area contributed by atoms with Crippen molar-refractivity contribution < 1.29 is 4.74 Å². The molecule has 1 saturated heterocycles. The molecule has 3 heterocycles. The Hall–Kier alpha value is -1.17. The van der Waals surface area contributed by atoms with Crippen molar-refractivity contribution in [1.29, 1.82) is 0 Å². The van der Waals surface area contributed by atoms with E-state index in [4.69, 9.17) is 4.74 Å². The Labute approximate surface area is 122 Å². The van der Waals surface area contributed by atoms with E-state index in [1.165, 1.54) is 0 Å². The van der Waals surface area contributed by atoms with Crippen LogP contribution in [0.4, 0.5) is 0 Å². The predicted molar refractivity (Wildman–Crippen MR) is 82.5 cm³/mol. The fraction of sp³-hybridized carbons (Fsp3) is 0.533. The molecule has 20 heavy (non-hydrogen) atoms. The maximum Gasteiger partial charge on any atom is 0.259 e. The first-order chi connectivity index (χ1) is 9.75. The molecule has 0 bridgehead atoms. The summed E-state index contributed by atoms with van der Waals surface area (Å²) in [5.74, 6) is 0. The molecule has 2 aromatic heterocycles. The molecule has 4 nitrogen and oxygen atoms in total. The van der Waals surface area contributed by atoms with Gasteiger partial charge in [0, 0.05) is 36.6 Å². The SMILES string of the molecule is CC(NCCn1ccc2sccc2c1=O)C1CCCO1. The summed E-state index contributed by atoms with van der Waals surface area (Å²) in [6.07, 6.45) is 4.51. The predicted octanol–water partition coefficient (Wildman–Crippen LogP) is 2.22. The van der Waals surface area contributed by atoms with Crippen LogP contribution in [0.1, 0.15) is 19.8 Å². The summed E-state index contributed by atoms with van der Waals surface area (Å²) >= 11 is 1.61. The van der Waals surface area contributed by atoms with Crippen molar-refractivity contribution in [2.24, 2.45) is 0 Å². The van der Waals surface area contributed by atoms with Gasteiger partial charge in [-0.25, -0.2) is 0 Å². The average Bonchev–Trinajstić information content (AvgIpc) is 3.11. The molecule has 0 saturated carbocycles. The Bertz CT molecular complexity index is 628. The summed E-state index contributed by atoms with van der Waals surface area (Å²) in [6.45, 7) is 4.52. The zero-order valence-corrected chi connectivity index (χ0v) is 12.5. The van der Waals surface area contributed by atoms with Crippen molar-refractivity contribution >= 4 is 21.4 Å². The van der Waals surface area contributed by atoms with E-state index in [0.29, 0.717) is 18.7 Å². The van der Waals surface area contributed by atoms with Crippen molar-refractivity contribution in [3.63, 3.8) is 0 Å². The summed E-state index contributed by atoms with van der Waals surface area (Å²) in [5.41, 5.74) is 0.107. The van der Waals surface area contributed by atoms with Gasteiger partial charge < -0.3 is 14.6 Å². The van der Waals surface area contributed by atoms with Crippen LogP contribution in [0, 0.1) is 0 Å². The number of nitrogens with zero attached hydrogens (tertiary/aromatic N) is 1. The van der Waals surface area contributed by atoms with Crippen LogP contribution >= 0.6 is 11.3 Å². The Morgan fingerprint density at radius 3 is 3.25 bits per heavy atom. The van der Waals surface area contributed by atoms with E-state index in [1.807, 2.05) is 23.7 Å². The monoisotopic (exact) mass is 292 g/mol. The number of aromatic nitrogens is 1. The first-order valence-corrected chi connectivity index (χ1v) is 8.05. The molecule has 0 amide bonds. The second-order valence-electron chi connectivity index (χ2n) is 5.31. The van der Waals surface area contributed by atoms with Crippen molar-refractivity contribution in [3.8, 4) is 0 Å². The summed E-state index contributed by atoms with van der Waals surface area (Å²) in [6, 6.07) is 4.27. The van der Waals surface area contributed by atoms with E-state index in [9.17, 15) is 4.79 Å². The van der Waals surface area contributed by atoms with Gasteiger partial charge in [-0.3, -0.25) is 4.79 Å². The summed E-state index contributed by atoms with van der Waals surface area (Å²) in [7, 11) is 0. The number of hydrogen-bond donors (Lipinski definition) is 1. The second kappa shape index (κ2) is 6.08. The quantitative estimate of drug-likeness (QED) is 0.919. The fourth-order valence-electron chi connectivity index (χ4n) is 2.72. The van der Waals surface area contributed by atoms with Crippen molar-refractivity contribution in [1.82, 2.24) is 9.88 Å². The van der Waals surface area contributed by atoms with Crippen molar-refractivity contribution in [2.75, 3.05) is 13.2 Å². The summed E-state index contributed by atoms with van der Waals surface area (Å²) < 4.78 is 8.50. The van der Waals surface area contributed by atoms with Gasteiger partial charge in [-0.1, -0.05) is 0 Å². The molecule has 2 unspecified atom stereocenters. The van der Waals surface area contributed by atoms with Crippen LogP contribution in [0.5, 0.6) is 0 Å². The van der Waals surface area contributed by atoms with Crippen LogP contribution in [0.2, 0.25) is 0 Å². The minimum atomic E-state index is 0.107. The minimum Gasteiger partial charge on any atom is -0.377 e. The van der Waals surface area contributed by atoms with E-state index in [2.05, 4.69) is 12.2 Å². The molecule has 0 aromatic carbocycles. The van der Waals surface area contributed by atoms with Gasteiger partial charge >= 0.3 is 0 Å². The molecule has 2 atom stereocenters. The molecule has 0 aliphatic carbocycles. The zero-order chi connectivity index (χ0) is 13.9. The lowest BCUT2D eigenvalue weighted by Gasteiger charge is -2.20. The van der Waals surface area contributed by atoms with Crippen LogP contribution < -0.4 is 10.9 Å². The molecular formula is C15H20N2O2S. The molecule has 1 aliphatic heterocycles. The van der Waals surface area contributed by atoms with Gasteiger partial charge in [0.25, 0.3) is 5.56 Å². The lowest BCUT2D eigenvalue weighted by molar-refractivity contribution is 0.0835. The Morgan fingerprint density at radius 2 is 2.45 bits per heavy atom. The molecule has 2 aromatic rings. The van der Waals surface area contributed by atoms with Crippen molar-refractivity contribution in [2.45, 2.75) is 38.5 Å². The number of nitrogens with one attached hydrogen (secondary N) is 1. The number of rotatable bonds is 5. The van der Waals surface area contributed by atoms with E-state index in [0.717, 1.165) is 36.1 Å². The Kier molecular flexibility index (Phi) is 4.19. The zero-order valence-electron chi connectivity index (χ0n) is 11.7. The minimum absolute atomic E-state index is 0.107. The van der Waals surface area contributed by atoms with Crippen LogP contribution in [0.3, 0.4) is 0 Å². The molecule has 1 aliphatic rings. The van der Waals surface area contributed by atoms with Gasteiger partial charge in [0.1, 0.15) is 0 Å². The maximum absolute atomic E-state index is 12.2. The van der Waals surface area contributed by atoms with Gasteiger partial charge in [-0.2, -0.15) is 0 Å². The van der Waals surface area contributed by atoms with Crippen LogP contribution in [-0.4, -0.2) is 29.9 Å². The maximum atomic E-state index is 12.2. The van der Waals surface area contributed by atoms with Gasteiger partial charge in [-0.05, 0) is 37.3 Å². The molecule has 108 valence electrons. The van der Waals surface area contributed by atoms with Crippen molar-refractivity contribution in [3.05, 3.63) is 34.1 Å². The first kappa shape index (κ1) is 13.8. The molecular weight excluding hydrogens is 272 g/mol. The molecule has 1 N–H and O–H groups in total. The van der Waals surface area contributed by atoms with Gasteiger partial charge in [0.05, 0.1) is 11.5 Å². The van der Waals surface area contributed by atoms with Crippen LogP contribution in [0.15, 0.2) is 28.5 Å². The fourth-order valence-corrected chi connectivity index (χ4v) is 3.50. The van der Waals surface area contributed by atoms with E-state index >= 15 is 0 Å². The first-order valence-electron chi connectivity index (χ1n) is 7.17. The van der Waals surface area contributed by atoms with Gasteiger partial charge in [-0.15, -0.1) is 11.3 Å². The standard InChI is InChI=1S/C15H20N2O2S/c1-11(13-3-2-9-19-13)16-6-8-17-7-4-14-12(15(17)18)5-10-20-14/h4-5,7,10-11,13,16H,2-3,6,8-9H2,1H3. The Morgan fingerprint density at radius 1 is 1.55 bits per heavy atom. The largest absolute Gasteiger partial charge is 0.377 e. The third-order valence-electron chi connectivity index (χ3n) is 3.93. The number of thiophene rings is 1. The molecule has 0 radical (unpaired) electrons. The highest BCUT2D eigenvalue weighted by molar-refractivity contribution is 7.17. The second-order valence-corrected chi connectivity index (χ2v) is 6.25. The number of pyridine rings is 1.